The van der Waals surface area contributed by atoms with E-state index < -0.39 is 6.10 Å². The van der Waals surface area contributed by atoms with Crippen molar-refractivity contribution in [3.63, 3.8) is 0 Å². The Morgan fingerprint density at radius 1 is 1.23 bits per heavy atom. The van der Waals surface area contributed by atoms with Gasteiger partial charge in [-0.1, -0.05) is 12.1 Å². The monoisotopic (exact) mass is 384 g/mol. The zero-order valence-electron chi connectivity index (χ0n) is 14.4. The van der Waals surface area contributed by atoms with E-state index in [4.69, 9.17) is 0 Å². The Balaban J connectivity index is 1.41. The number of fused-ring (bicyclic) bond motifs is 2. The van der Waals surface area contributed by atoms with Crippen molar-refractivity contribution in [1.29, 1.82) is 0 Å². The Labute approximate surface area is 160 Å². The molecule has 0 radical (unpaired) electrons. The first-order valence-electron chi connectivity index (χ1n) is 9.17. The first-order chi connectivity index (χ1) is 12.7. The van der Waals surface area contributed by atoms with Crippen molar-refractivity contribution in [3.8, 4) is 0 Å². The molecule has 1 amide bonds. The molecular formula is C20H20N2O2S2. The van der Waals surface area contributed by atoms with Crippen LogP contribution in [0.25, 0.3) is 10.2 Å². The molecule has 0 unspecified atom stereocenters. The van der Waals surface area contributed by atoms with Gasteiger partial charge < -0.3 is 10.0 Å². The molecule has 2 atom stereocenters. The molecule has 1 aromatic carbocycles. The average molecular weight is 385 g/mol. The summed E-state index contributed by atoms with van der Waals surface area (Å²) in [6, 6.07) is 9.83. The van der Waals surface area contributed by atoms with Crippen LogP contribution >= 0.6 is 22.7 Å². The van der Waals surface area contributed by atoms with Crippen LogP contribution in [0.5, 0.6) is 0 Å². The molecule has 1 N–H and O–H groups in total. The number of hydrogen-bond donors (Lipinski definition) is 1. The molecule has 2 aliphatic rings. The maximum Gasteiger partial charge on any atom is 0.264 e. The second-order valence-electron chi connectivity index (χ2n) is 7.09. The van der Waals surface area contributed by atoms with Gasteiger partial charge in [0.1, 0.15) is 11.1 Å². The van der Waals surface area contributed by atoms with E-state index in [1.807, 2.05) is 29.2 Å². The number of likely N-dealkylation sites (tertiary alicyclic amines) is 1. The second-order valence-corrected chi connectivity index (χ2v) is 9.28. The number of aromatic nitrogens is 1. The fraction of sp³-hybridized carbons (Fsp3) is 0.400. The number of carbonyl (C=O) groups excluding carboxylic acids is 1. The van der Waals surface area contributed by atoms with Crippen molar-refractivity contribution in [3.05, 3.63) is 50.7 Å². The SMILES string of the molecule is O=C(c1cc2c(s1)CCC2)N1CCC[C@H]1[C@H](O)c1nc2ccccc2s1. The number of aliphatic hydroxyl groups is 1. The normalized spacial score (nSPS) is 20.7. The number of aliphatic hydroxyl groups excluding tert-OH is 1. The summed E-state index contributed by atoms with van der Waals surface area (Å²) >= 11 is 3.17. The molecule has 4 nitrogen and oxygen atoms in total. The van der Waals surface area contributed by atoms with Gasteiger partial charge in [-0.3, -0.25) is 4.79 Å². The lowest BCUT2D eigenvalue weighted by atomic mass is 10.1. The highest BCUT2D eigenvalue weighted by Gasteiger charge is 2.37. The molecule has 134 valence electrons. The number of para-hydroxylation sites is 1. The standard InChI is InChI=1S/C20H20N2O2S2/c23-18(19-21-13-6-1-2-8-16(13)26-19)14-7-4-10-22(14)20(24)17-11-12-5-3-9-15(12)25-17/h1-2,6,8,11,14,18,23H,3-5,7,9-10H2/t14-,18-/m0/s1. The van der Waals surface area contributed by atoms with E-state index in [9.17, 15) is 9.90 Å². The third-order valence-corrected chi connectivity index (χ3v) is 7.78. The van der Waals surface area contributed by atoms with Gasteiger partial charge in [-0.15, -0.1) is 22.7 Å². The maximum atomic E-state index is 13.1. The van der Waals surface area contributed by atoms with Crippen molar-refractivity contribution in [2.75, 3.05) is 6.54 Å². The number of thiophene rings is 1. The van der Waals surface area contributed by atoms with E-state index in [-0.39, 0.29) is 11.9 Å². The predicted molar refractivity (Wildman–Crippen MR) is 105 cm³/mol. The highest BCUT2D eigenvalue weighted by atomic mass is 32.1. The van der Waals surface area contributed by atoms with Crippen molar-refractivity contribution in [2.24, 2.45) is 0 Å². The van der Waals surface area contributed by atoms with E-state index in [1.165, 1.54) is 28.2 Å². The molecular weight excluding hydrogens is 364 g/mol. The fourth-order valence-corrected chi connectivity index (χ4v) is 6.35. The van der Waals surface area contributed by atoms with Crippen LogP contribution in [0.3, 0.4) is 0 Å². The average Bonchev–Trinajstić information content (AvgIpc) is 3.42. The van der Waals surface area contributed by atoms with E-state index >= 15 is 0 Å². The van der Waals surface area contributed by atoms with Crippen molar-refractivity contribution in [2.45, 2.75) is 44.2 Å². The van der Waals surface area contributed by atoms with Gasteiger partial charge in [0, 0.05) is 11.4 Å². The summed E-state index contributed by atoms with van der Waals surface area (Å²) in [6.07, 6.45) is 4.45. The molecule has 1 saturated heterocycles. The number of benzene rings is 1. The van der Waals surface area contributed by atoms with E-state index in [0.29, 0.717) is 11.6 Å². The quantitative estimate of drug-likeness (QED) is 0.737. The summed E-state index contributed by atoms with van der Waals surface area (Å²) < 4.78 is 1.08. The zero-order valence-corrected chi connectivity index (χ0v) is 16.0. The number of carbonyl (C=O) groups is 1. The molecule has 5 rings (SSSR count). The molecule has 3 heterocycles. The van der Waals surface area contributed by atoms with Crippen molar-refractivity contribution >= 4 is 38.8 Å². The lowest BCUT2D eigenvalue weighted by Gasteiger charge is -2.27. The van der Waals surface area contributed by atoms with Crippen LogP contribution in [0, 0.1) is 0 Å². The number of rotatable bonds is 3. The summed E-state index contributed by atoms with van der Waals surface area (Å²) in [4.78, 5) is 21.8. The van der Waals surface area contributed by atoms with Gasteiger partial charge in [-0.2, -0.15) is 0 Å². The van der Waals surface area contributed by atoms with Gasteiger partial charge in [0.15, 0.2) is 0 Å². The van der Waals surface area contributed by atoms with Crippen LogP contribution in [-0.4, -0.2) is 33.5 Å². The van der Waals surface area contributed by atoms with Crippen LogP contribution in [0.1, 0.15) is 50.5 Å². The molecule has 1 fully saturated rings. The first kappa shape index (κ1) is 16.4. The molecule has 1 aliphatic carbocycles. The molecule has 26 heavy (non-hydrogen) atoms. The first-order valence-corrected chi connectivity index (χ1v) is 10.8. The molecule has 6 heteroatoms. The van der Waals surface area contributed by atoms with E-state index in [2.05, 4.69) is 11.1 Å². The Kier molecular flexibility index (Phi) is 4.07. The van der Waals surface area contributed by atoms with E-state index in [1.54, 1.807) is 11.3 Å². The predicted octanol–water partition coefficient (Wildman–Crippen LogP) is 4.18. The number of nitrogens with zero attached hydrogens (tertiary/aromatic N) is 2. The Hall–Kier alpha value is -1.76. The summed E-state index contributed by atoms with van der Waals surface area (Å²) in [5.74, 6) is 0.0760. The van der Waals surface area contributed by atoms with Gasteiger partial charge in [0.25, 0.3) is 5.91 Å². The minimum atomic E-state index is -0.717. The van der Waals surface area contributed by atoms with Gasteiger partial charge in [-0.25, -0.2) is 4.98 Å². The summed E-state index contributed by atoms with van der Waals surface area (Å²) in [6.45, 7) is 0.716. The van der Waals surface area contributed by atoms with Crippen LogP contribution < -0.4 is 0 Å². The maximum absolute atomic E-state index is 13.1. The molecule has 2 aromatic heterocycles. The highest BCUT2D eigenvalue weighted by molar-refractivity contribution is 7.18. The lowest BCUT2D eigenvalue weighted by Crippen LogP contribution is -2.38. The lowest BCUT2D eigenvalue weighted by molar-refractivity contribution is 0.0490. The fourth-order valence-electron chi connectivity index (χ4n) is 4.13. The van der Waals surface area contributed by atoms with Crippen LogP contribution in [-0.2, 0) is 12.8 Å². The molecule has 3 aromatic rings. The molecule has 0 saturated carbocycles. The van der Waals surface area contributed by atoms with Crippen LogP contribution in [0.15, 0.2) is 30.3 Å². The van der Waals surface area contributed by atoms with Gasteiger partial charge in [0.2, 0.25) is 0 Å². The Morgan fingerprint density at radius 2 is 2.12 bits per heavy atom. The van der Waals surface area contributed by atoms with Crippen LogP contribution in [0.2, 0.25) is 0 Å². The largest absolute Gasteiger partial charge is 0.384 e. The van der Waals surface area contributed by atoms with Crippen LogP contribution in [0.4, 0.5) is 0 Å². The van der Waals surface area contributed by atoms with Gasteiger partial charge >= 0.3 is 0 Å². The zero-order chi connectivity index (χ0) is 17.7. The summed E-state index contributed by atoms with van der Waals surface area (Å²) in [5, 5.41) is 11.7. The van der Waals surface area contributed by atoms with Gasteiger partial charge in [0.05, 0.1) is 21.1 Å². The second kappa shape index (κ2) is 6.44. The van der Waals surface area contributed by atoms with Crippen molar-refractivity contribution < 1.29 is 9.90 Å². The number of thiazole rings is 1. The minimum absolute atomic E-state index is 0.0760. The third-order valence-electron chi connectivity index (χ3n) is 5.45. The molecule has 0 bridgehead atoms. The highest BCUT2D eigenvalue weighted by Crippen LogP contribution is 2.36. The smallest absolute Gasteiger partial charge is 0.264 e. The molecule has 0 spiro atoms. The molecule has 1 aliphatic heterocycles. The third kappa shape index (κ3) is 2.68. The summed E-state index contributed by atoms with van der Waals surface area (Å²) in [5.41, 5.74) is 2.26. The number of hydrogen-bond acceptors (Lipinski definition) is 5. The van der Waals surface area contributed by atoms with E-state index in [0.717, 1.165) is 40.8 Å². The Bertz CT molecular complexity index is 923. The Morgan fingerprint density at radius 3 is 2.96 bits per heavy atom. The topological polar surface area (TPSA) is 53.4 Å². The summed E-state index contributed by atoms with van der Waals surface area (Å²) in [7, 11) is 0. The number of amides is 1. The minimum Gasteiger partial charge on any atom is -0.384 e. The number of aryl methyl sites for hydroxylation is 2. The van der Waals surface area contributed by atoms with Crippen molar-refractivity contribution in [1.82, 2.24) is 9.88 Å². The van der Waals surface area contributed by atoms with Gasteiger partial charge in [-0.05, 0) is 55.9 Å².